The predicted octanol–water partition coefficient (Wildman–Crippen LogP) is 2.11. The van der Waals surface area contributed by atoms with Gasteiger partial charge in [0.25, 0.3) is 0 Å². The summed E-state index contributed by atoms with van der Waals surface area (Å²) in [5.74, 6) is 0.903. The number of rotatable bonds is 13. The van der Waals surface area contributed by atoms with Crippen molar-refractivity contribution in [3.8, 4) is 0 Å². The van der Waals surface area contributed by atoms with E-state index in [2.05, 4.69) is 43.5 Å². The van der Waals surface area contributed by atoms with E-state index in [4.69, 9.17) is 14.5 Å². The van der Waals surface area contributed by atoms with Crippen LogP contribution < -0.4 is 10.6 Å². The van der Waals surface area contributed by atoms with Crippen LogP contribution in [0.5, 0.6) is 0 Å². The average Bonchev–Trinajstić information content (AvgIpc) is 2.55. The number of ether oxygens (including phenoxy) is 2. The molecule has 1 aliphatic rings. The Bertz CT molecular complexity index is 370. The molecule has 0 spiro atoms. The first kappa shape index (κ1) is 22.2. The van der Waals surface area contributed by atoms with E-state index >= 15 is 0 Å². The van der Waals surface area contributed by atoms with Gasteiger partial charge in [-0.1, -0.05) is 6.42 Å². The predicted molar refractivity (Wildman–Crippen MR) is 105 cm³/mol. The first-order chi connectivity index (χ1) is 12.0. The molecule has 0 aromatic carbocycles. The number of methoxy groups -OCH3 is 1. The topological polar surface area (TPSA) is 58.1 Å². The Hall–Kier alpha value is -0.850. The molecule has 0 aromatic rings. The molecule has 0 bridgehead atoms. The number of guanidine groups is 1. The zero-order chi connectivity index (χ0) is 18.5. The van der Waals surface area contributed by atoms with Crippen molar-refractivity contribution >= 4 is 5.96 Å². The van der Waals surface area contributed by atoms with E-state index in [0.29, 0.717) is 5.41 Å². The van der Waals surface area contributed by atoms with Gasteiger partial charge in [-0.25, -0.2) is 0 Å². The van der Waals surface area contributed by atoms with E-state index in [9.17, 15) is 0 Å². The largest absolute Gasteiger partial charge is 0.385 e. The number of aliphatic imine (C=N–C) groups is 1. The summed E-state index contributed by atoms with van der Waals surface area (Å²) in [6, 6.07) is 0. The van der Waals surface area contributed by atoms with Crippen molar-refractivity contribution in [3.05, 3.63) is 0 Å². The van der Waals surface area contributed by atoms with E-state index in [-0.39, 0.29) is 6.10 Å². The molecule has 0 radical (unpaired) electrons. The summed E-state index contributed by atoms with van der Waals surface area (Å²) in [5, 5.41) is 6.83. The smallest absolute Gasteiger partial charge is 0.191 e. The first-order valence-electron chi connectivity index (χ1n) is 9.82. The van der Waals surface area contributed by atoms with Gasteiger partial charge in [-0.15, -0.1) is 0 Å². The van der Waals surface area contributed by atoms with Crippen LogP contribution >= 0.6 is 0 Å². The molecule has 1 atom stereocenters. The van der Waals surface area contributed by atoms with Gasteiger partial charge in [-0.3, -0.25) is 4.99 Å². The summed E-state index contributed by atoms with van der Waals surface area (Å²) >= 11 is 0. The zero-order valence-corrected chi connectivity index (χ0v) is 17.1. The molecule has 1 unspecified atom stereocenters. The van der Waals surface area contributed by atoms with Crippen LogP contribution in [0.4, 0.5) is 0 Å². The van der Waals surface area contributed by atoms with Gasteiger partial charge in [0.2, 0.25) is 0 Å². The van der Waals surface area contributed by atoms with Gasteiger partial charge in [-0.05, 0) is 59.0 Å². The minimum atomic E-state index is 0.211. The van der Waals surface area contributed by atoms with Crippen LogP contribution in [-0.2, 0) is 9.47 Å². The Labute approximate surface area is 154 Å². The molecule has 6 heteroatoms. The lowest BCUT2D eigenvalue weighted by molar-refractivity contribution is 0.0547. The Morgan fingerprint density at radius 3 is 2.52 bits per heavy atom. The second kappa shape index (κ2) is 12.5. The Balaban J connectivity index is 2.52. The highest BCUT2D eigenvalue weighted by Crippen LogP contribution is 2.44. The lowest BCUT2D eigenvalue weighted by Crippen LogP contribution is -2.43. The maximum Gasteiger partial charge on any atom is 0.191 e. The highest BCUT2D eigenvalue weighted by atomic mass is 16.5. The lowest BCUT2D eigenvalue weighted by atomic mass is 9.67. The molecule has 1 fully saturated rings. The molecular weight excluding hydrogens is 316 g/mol. The van der Waals surface area contributed by atoms with Crippen LogP contribution in [-0.4, -0.2) is 77.6 Å². The van der Waals surface area contributed by atoms with Gasteiger partial charge in [0, 0.05) is 46.5 Å². The van der Waals surface area contributed by atoms with Gasteiger partial charge in [0.1, 0.15) is 0 Å². The van der Waals surface area contributed by atoms with Crippen LogP contribution in [0.2, 0.25) is 0 Å². The molecule has 1 saturated carbocycles. The highest BCUT2D eigenvalue weighted by Gasteiger charge is 2.36. The minimum Gasteiger partial charge on any atom is -0.385 e. The van der Waals surface area contributed by atoms with Crippen LogP contribution in [0.25, 0.3) is 0 Å². The van der Waals surface area contributed by atoms with Gasteiger partial charge < -0.3 is 25.0 Å². The Kier molecular flexibility index (Phi) is 11.1. The van der Waals surface area contributed by atoms with Crippen molar-refractivity contribution in [2.75, 3.05) is 60.6 Å². The maximum atomic E-state index is 5.86. The van der Waals surface area contributed by atoms with E-state index in [1.807, 2.05) is 0 Å². The Morgan fingerprint density at radius 1 is 1.24 bits per heavy atom. The molecule has 148 valence electrons. The number of hydrogen-bond donors (Lipinski definition) is 2. The number of hydrogen-bond acceptors (Lipinski definition) is 4. The number of nitrogens with one attached hydrogen (secondary N) is 2. The van der Waals surface area contributed by atoms with Gasteiger partial charge in [0.05, 0.1) is 6.10 Å². The van der Waals surface area contributed by atoms with Gasteiger partial charge >= 0.3 is 0 Å². The van der Waals surface area contributed by atoms with E-state index in [0.717, 1.165) is 58.2 Å². The third-order valence-corrected chi connectivity index (χ3v) is 4.97. The molecular formula is C19H40N4O2. The third kappa shape index (κ3) is 8.88. The SMILES string of the molecule is CCNC(=NCC1(CCOC)CCC1)NCC(CCN(C)C)OCC. The monoisotopic (exact) mass is 356 g/mol. The van der Waals surface area contributed by atoms with Crippen LogP contribution in [0.3, 0.4) is 0 Å². The molecule has 0 heterocycles. The van der Waals surface area contributed by atoms with Crippen molar-refractivity contribution in [1.29, 1.82) is 0 Å². The summed E-state index contributed by atoms with van der Waals surface area (Å²) < 4.78 is 11.1. The average molecular weight is 357 g/mol. The van der Waals surface area contributed by atoms with Crippen LogP contribution in [0.1, 0.15) is 46.0 Å². The highest BCUT2D eigenvalue weighted by molar-refractivity contribution is 5.79. The molecule has 25 heavy (non-hydrogen) atoms. The standard InChI is InChI=1S/C19H40N4O2/c1-6-20-18(21-15-17(25-7-2)9-13-23(3)4)22-16-19(10-8-11-19)12-14-24-5/h17H,6-16H2,1-5H3,(H2,20,21,22). The molecule has 6 nitrogen and oxygen atoms in total. The summed E-state index contributed by atoms with van der Waals surface area (Å²) in [6.45, 7) is 9.30. The second-order valence-electron chi connectivity index (χ2n) is 7.34. The van der Waals surface area contributed by atoms with E-state index in [1.165, 1.54) is 19.3 Å². The first-order valence-corrected chi connectivity index (χ1v) is 9.82. The summed E-state index contributed by atoms with van der Waals surface area (Å²) in [6.07, 6.45) is 6.19. The summed E-state index contributed by atoms with van der Waals surface area (Å²) in [5.41, 5.74) is 0.350. The van der Waals surface area contributed by atoms with Crippen LogP contribution in [0, 0.1) is 5.41 Å². The van der Waals surface area contributed by atoms with Gasteiger partial charge in [-0.2, -0.15) is 0 Å². The third-order valence-electron chi connectivity index (χ3n) is 4.97. The molecule has 0 amide bonds. The molecule has 1 aliphatic carbocycles. The van der Waals surface area contributed by atoms with E-state index < -0.39 is 0 Å². The van der Waals surface area contributed by atoms with Crippen LogP contribution in [0.15, 0.2) is 4.99 Å². The summed E-state index contributed by atoms with van der Waals surface area (Å²) in [4.78, 5) is 7.06. The molecule has 0 aliphatic heterocycles. The maximum absolute atomic E-state index is 5.86. The fourth-order valence-corrected chi connectivity index (χ4v) is 3.16. The number of nitrogens with zero attached hydrogens (tertiary/aromatic N) is 2. The molecule has 0 saturated heterocycles. The molecule has 0 aromatic heterocycles. The van der Waals surface area contributed by atoms with Crippen molar-refractivity contribution in [2.45, 2.75) is 52.1 Å². The fourth-order valence-electron chi connectivity index (χ4n) is 3.16. The van der Waals surface area contributed by atoms with E-state index in [1.54, 1.807) is 7.11 Å². The lowest BCUT2D eigenvalue weighted by Gasteiger charge is -2.40. The minimum absolute atomic E-state index is 0.211. The summed E-state index contributed by atoms with van der Waals surface area (Å²) in [7, 11) is 5.98. The van der Waals surface area contributed by atoms with Crippen molar-refractivity contribution in [2.24, 2.45) is 10.4 Å². The van der Waals surface area contributed by atoms with Crippen molar-refractivity contribution in [3.63, 3.8) is 0 Å². The molecule has 1 rings (SSSR count). The molecule has 2 N–H and O–H groups in total. The van der Waals surface area contributed by atoms with Crippen molar-refractivity contribution in [1.82, 2.24) is 15.5 Å². The Morgan fingerprint density at radius 2 is 2.00 bits per heavy atom. The van der Waals surface area contributed by atoms with Crippen molar-refractivity contribution < 1.29 is 9.47 Å². The quantitative estimate of drug-likeness (QED) is 0.391. The van der Waals surface area contributed by atoms with Gasteiger partial charge in [0.15, 0.2) is 5.96 Å². The normalized spacial score (nSPS) is 18.1. The zero-order valence-electron chi connectivity index (χ0n) is 17.1. The fraction of sp³-hybridized carbons (Fsp3) is 0.947. The second-order valence-corrected chi connectivity index (χ2v) is 7.34.